The first kappa shape index (κ1) is 22.9. The molecule has 3 rings (SSSR count). The molecular weight excluding hydrogens is 465 g/mol. The summed E-state index contributed by atoms with van der Waals surface area (Å²) in [6.07, 6.45) is 7.67. The lowest BCUT2D eigenvalue weighted by Gasteiger charge is -2.14. The fourth-order valence-corrected chi connectivity index (χ4v) is 3.73. The Morgan fingerprint density at radius 3 is 2.64 bits per heavy atom. The summed E-state index contributed by atoms with van der Waals surface area (Å²) in [5, 5.41) is 6.76. The number of ether oxygens (including phenoxy) is 1. The van der Waals surface area contributed by atoms with Gasteiger partial charge in [0, 0.05) is 33.3 Å². The summed E-state index contributed by atoms with van der Waals surface area (Å²) in [4.78, 5) is 8.92. The van der Waals surface area contributed by atoms with Crippen molar-refractivity contribution in [2.75, 3.05) is 26.7 Å². The minimum atomic E-state index is 0. The van der Waals surface area contributed by atoms with Crippen LogP contribution < -0.4 is 10.6 Å². The number of aromatic nitrogens is 2. The van der Waals surface area contributed by atoms with Crippen molar-refractivity contribution >= 4 is 41.0 Å². The molecule has 1 saturated carbocycles. The van der Waals surface area contributed by atoms with Crippen molar-refractivity contribution in [1.29, 1.82) is 0 Å². The zero-order valence-electron chi connectivity index (χ0n) is 17.1. The molecule has 0 aliphatic heterocycles. The number of fused-ring (bicyclic) bond motifs is 1. The molecule has 1 aromatic carbocycles. The smallest absolute Gasteiger partial charge is 0.190 e. The Labute approximate surface area is 185 Å². The van der Waals surface area contributed by atoms with E-state index in [9.17, 15) is 0 Å². The van der Waals surface area contributed by atoms with E-state index < -0.39 is 0 Å². The number of nitrogens with one attached hydrogen (secondary N) is 2. The highest BCUT2D eigenvalue weighted by Gasteiger charge is 2.14. The maximum absolute atomic E-state index is 5.90. The maximum atomic E-state index is 5.90. The van der Waals surface area contributed by atoms with Gasteiger partial charge in [0.25, 0.3) is 0 Å². The zero-order valence-corrected chi connectivity index (χ0v) is 19.4. The number of hydrogen-bond donors (Lipinski definition) is 2. The summed E-state index contributed by atoms with van der Waals surface area (Å²) < 4.78 is 8.18. The molecular formula is C21H34IN5O. The second-order valence-electron chi connectivity index (χ2n) is 7.21. The predicted octanol–water partition coefficient (Wildman–Crippen LogP) is 3.87. The molecule has 1 aromatic heterocycles. The summed E-state index contributed by atoms with van der Waals surface area (Å²) in [6, 6.07) is 8.31. The number of rotatable bonds is 9. The van der Waals surface area contributed by atoms with Crippen molar-refractivity contribution < 1.29 is 4.74 Å². The number of benzene rings is 1. The van der Waals surface area contributed by atoms with Gasteiger partial charge in [-0.05, 0) is 44.7 Å². The van der Waals surface area contributed by atoms with E-state index in [0.717, 1.165) is 56.4 Å². The third-order valence-electron chi connectivity index (χ3n) is 5.19. The summed E-state index contributed by atoms with van der Waals surface area (Å²) in [5.41, 5.74) is 2.28. The summed E-state index contributed by atoms with van der Waals surface area (Å²) in [7, 11) is 1.82. The highest BCUT2D eigenvalue weighted by molar-refractivity contribution is 14.0. The van der Waals surface area contributed by atoms with Gasteiger partial charge in [0.15, 0.2) is 5.96 Å². The van der Waals surface area contributed by atoms with E-state index >= 15 is 0 Å². The molecule has 0 unspecified atom stereocenters. The topological polar surface area (TPSA) is 63.5 Å². The minimum absolute atomic E-state index is 0. The fraction of sp³-hybridized carbons (Fsp3) is 0.619. The molecule has 28 heavy (non-hydrogen) atoms. The lowest BCUT2D eigenvalue weighted by Crippen LogP contribution is -2.38. The average Bonchev–Trinajstić information content (AvgIpc) is 3.30. The molecule has 7 heteroatoms. The van der Waals surface area contributed by atoms with E-state index in [-0.39, 0.29) is 24.0 Å². The van der Waals surface area contributed by atoms with E-state index in [1.165, 1.54) is 31.2 Å². The molecule has 2 N–H and O–H groups in total. The number of aliphatic imine (C=N–C) groups is 1. The first-order valence-corrected chi connectivity index (χ1v) is 10.3. The first-order valence-electron chi connectivity index (χ1n) is 10.3. The van der Waals surface area contributed by atoms with Crippen LogP contribution in [0.3, 0.4) is 0 Å². The average molecular weight is 499 g/mol. The molecule has 0 atom stereocenters. The van der Waals surface area contributed by atoms with Crippen molar-refractivity contribution in [3.63, 3.8) is 0 Å². The number of nitrogens with zero attached hydrogens (tertiary/aromatic N) is 3. The van der Waals surface area contributed by atoms with Gasteiger partial charge in [0.2, 0.25) is 0 Å². The van der Waals surface area contributed by atoms with Crippen LogP contribution in [0.2, 0.25) is 0 Å². The van der Waals surface area contributed by atoms with Crippen molar-refractivity contribution in [3.05, 3.63) is 30.1 Å². The predicted molar refractivity (Wildman–Crippen MR) is 127 cm³/mol. The number of halogens is 1. The van der Waals surface area contributed by atoms with Crippen molar-refractivity contribution in [1.82, 2.24) is 20.2 Å². The number of guanidine groups is 1. The van der Waals surface area contributed by atoms with E-state index in [1.54, 1.807) is 0 Å². The minimum Gasteiger partial charge on any atom is -0.378 e. The zero-order chi connectivity index (χ0) is 18.9. The van der Waals surface area contributed by atoms with Crippen molar-refractivity contribution in [2.24, 2.45) is 4.99 Å². The second kappa shape index (κ2) is 12.3. The summed E-state index contributed by atoms with van der Waals surface area (Å²) in [5.74, 6) is 1.93. The van der Waals surface area contributed by atoms with Gasteiger partial charge in [-0.25, -0.2) is 4.98 Å². The summed E-state index contributed by atoms with van der Waals surface area (Å²) >= 11 is 0. The molecule has 2 aromatic rings. The Morgan fingerprint density at radius 2 is 1.89 bits per heavy atom. The van der Waals surface area contributed by atoms with Gasteiger partial charge in [-0.15, -0.1) is 24.0 Å². The lowest BCUT2D eigenvalue weighted by atomic mass is 10.3. The second-order valence-corrected chi connectivity index (χ2v) is 7.21. The number of hydrogen-bond acceptors (Lipinski definition) is 3. The Balaban J connectivity index is 0.00000280. The molecule has 0 spiro atoms. The van der Waals surface area contributed by atoms with Gasteiger partial charge in [0.1, 0.15) is 5.82 Å². The summed E-state index contributed by atoms with van der Waals surface area (Å²) in [6.45, 7) is 5.62. The van der Waals surface area contributed by atoms with Crippen LogP contribution in [0, 0.1) is 6.92 Å². The van der Waals surface area contributed by atoms with Crippen LogP contribution in [-0.2, 0) is 11.3 Å². The molecule has 0 radical (unpaired) electrons. The molecule has 0 saturated heterocycles. The van der Waals surface area contributed by atoms with Gasteiger partial charge >= 0.3 is 0 Å². The van der Waals surface area contributed by atoms with Crippen LogP contribution >= 0.6 is 24.0 Å². The van der Waals surface area contributed by atoms with Crippen molar-refractivity contribution in [3.8, 4) is 0 Å². The fourth-order valence-electron chi connectivity index (χ4n) is 3.73. The molecule has 1 aliphatic carbocycles. The highest BCUT2D eigenvalue weighted by Crippen LogP contribution is 2.20. The Kier molecular flexibility index (Phi) is 10.0. The molecule has 6 nitrogen and oxygen atoms in total. The van der Waals surface area contributed by atoms with Crippen LogP contribution in [0.15, 0.2) is 29.3 Å². The van der Waals surface area contributed by atoms with Crippen molar-refractivity contribution in [2.45, 2.75) is 58.1 Å². The Morgan fingerprint density at radius 1 is 1.18 bits per heavy atom. The molecule has 1 heterocycles. The van der Waals surface area contributed by atoms with Crippen LogP contribution in [0.5, 0.6) is 0 Å². The van der Waals surface area contributed by atoms with Gasteiger partial charge in [0.05, 0.1) is 17.1 Å². The standard InChI is InChI=1S/C21H33N5O.HI/c1-17-25-19-11-5-6-12-20(19)26(17)15-7-13-23-21(22-2)24-14-8-16-27-18-9-3-4-10-18;/h5-6,11-12,18H,3-4,7-10,13-16H2,1-2H3,(H2,22,23,24);1H. The largest absolute Gasteiger partial charge is 0.378 e. The normalized spacial score (nSPS) is 15.0. The first-order chi connectivity index (χ1) is 13.3. The van der Waals surface area contributed by atoms with Gasteiger partial charge in [-0.3, -0.25) is 4.99 Å². The molecule has 1 aliphatic rings. The Bertz CT molecular complexity index is 739. The van der Waals surface area contributed by atoms with E-state index in [0.29, 0.717) is 6.10 Å². The van der Waals surface area contributed by atoms with Crippen LogP contribution in [0.25, 0.3) is 11.0 Å². The number of para-hydroxylation sites is 2. The third-order valence-corrected chi connectivity index (χ3v) is 5.19. The van der Waals surface area contributed by atoms with Crippen LogP contribution in [0.1, 0.15) is 44.3 Å². The SMILES string of the molecule is CN=C(NCCCOC1CCCC1)NCCCn1c(C)nc2ccccc21.I. The quantitative estimate of drug-likeness (QED) is 0.238. The monoisotopic (exact) mass is 499 g/mol. The van der Waals surface area contributed by atoms with Crippen LogP contribution in [0.4, 0.5) is 0 Å². The molecule has 1 fully saturated rings. The van der Waals surface area contributed by atoms with Gasteiger partial charge in [-0.2, -0.15) is 0 Å². The maximum Gasteiger partial charge on any atom is 0.190 e. The van der Waals surface area contributed by atoms with Gasteiger partial charge in [-0.1, -0.05) is 25.0 Å². The lowest BCUT2D eigenvalue weighted by molar-refractivity contribution is 0.0574. The molecule has 156 valence electrons. The number of imidazole rings is 1. The van der Waals surface area contributed by atoms with Crippen LogP contribution in [-0.4, -0.2) is 48.4 Å². The Hall–Kier alpha value is -1.35. The van der Waals surface area contributed by atoms with E-state index in [4.69, 9.17) is 4.74 Å². The van der Waals surface area contributed by atoms with E-state index in [2.05, 4.69) is 50.3 Å². The molecule has 0 amide bonds. The number of aryl methyl sites for hydroxylation is 2. The molecule has 0 bridgehead atoms. The van der Waals surface area contributed by atoms with E-state index in [1.807, 2.05) is 13.1 Å². The highest BCUT2D eigenvalue weighted by atomic mass is 127. The van der Waals surface area contributed by atoms with Gasteiger partial charge < -0.3 is 19.9 Å². The third kappa shape index (κ3) is 6.62.